The topological polar surface area (TPSA) is 48.1 Å². The average molecular weight is 264 g/mol. The van der Waals surface area contributed by atoms with Crippen LogP contribution in [0.4, 0.5) is 0 Å². The standard InChI is InChI=1S/C17H16N2O/c1-12-9-10-14(11-18)17(19-12)20-16-8-4-6-13-5-2-3-7-15(13)16/h2-10H,11,18H2,1H3. The van der Waals surface area contributed by atoms with E-state index in [2.05, 4.69) is 17.1 Å². The molecule has 3 rings (SSSR count). The van der Waals surface area contributed by atoms with Gasteiger partial charge in [-0.2, -0.15) is 0 Å². The molecule has 0 spiro atoms. The average Bonchev–Trinajstić information content (AvgIpc) is 2.48. The molecule has 2 N–H and O–H groups in total. The molecule has 100 valence electrons. The Balaban J connectivity index is 2.07. The molecule has 2 aromatic carbocycles. The third kappa shape index (κ3) is 2.36. The van der Waals surface area contributed by atoms with Gasteiger partial charge in [-0.05, 0) is 24.4 Å². The highest BCUT2D eigenvalue weighted by Crippen LogP contribution is 2.30. The normalized spacial score (nSPS) is 10.7. The highest BCUT2D eigenvalue weighted by molar-refractivity contribution is 5.88. The van der Waals surface area contributed by atoms with Crippen molar-refractivity contribution in [3.63, 3.8) is 0 Å². The SMILES string of the molecule is Cc1ccc(CN)c(Oc2cccc3ccccc23)n1. The van der Waals surface area contributed by atoms with Crippen molar-refractivity contribution in [1.82, 2.24) is 4.98 Å². The lowest BCUT2D eigenvalue weighted by atomic mass is 10.1. The summed E-state index contributed by atoms with van der Waals surface area (Å²) >= 11 is 0. The van der Waals surface area contributed by atoms with Crippen molar-refractivity contribution in [3.8, 4) is 11.6 Å². The van der Waals surface area contributed by atoms with Crippen LogP contribution in [0.25, 0.3) is 10.8 Å². The van der Waals surface area contributed by atoms with Crippen molar-refractivity contribution in [1.29, 1.82) is 0 Å². The molecule has 1 aromatic heterocycles. The van der Waals surface area contributed by atoms with Crippen LogP contribution < -0.4 is 10.5 Å². The molecule has 0 aliphatic heterocycles. The largest absolute Gasteiger partial charge is 0.438 e. The van der Waals surface area contributed by atoms with E-state index in [1.807, 2.05) is 49.4 Å². The predicted molar refractivity (Wildman–Crippen MR) is 80.9 cm³/mol. The first kappa shape index (κ1) is 12.6. The van der Waals surface area contributed by atoms with Crippen molar-refractivity contribution in [3.05, 3.63) is 65.9 Å². The number of fused-ring (bicyclic) bond motifs is 1. The van der Waals surface area contributed by atoms with Gasteiger partial charge in [-0.15, -0.1) is 0 Å². The van der Waals surface area contributed by atoms with E-state index in [1.165, 1.54) is 0 Å². The van der Waals surface area contributed by atoms with Gasteiger partial charge in [-0.1, -0.05) is 42.5 Å². The van der Waals surface area contributed by atoms with Crippen molar-refractivity contribution in [2.45, 2.75) is 13.5 Å². The Morgan fingerprint density at radius 1 is 1.00 bits per heavy atom. The quantitative estimate of drug-likeness (QED) is 0.782. The van der Waals surface area contributed by atoms with Crippen molar-refractivity contribution >= 4 is 10.8 Å². The summed E-state index contributed by atoms with van der Waals surface area (Å²) in [6, 6.07) is 18.0. The van der Waals surface area contributed by atoms with Gasteiger partial charge in [0.15, 0.2) is 0 Å². The fourth-order valence-corrected chi connectivity index (χ4v) is 2.19. The van der Waals surface area contributed by atoms with Crippen LogP contribution in [0.1, 0.15) is 11.3 Å². The summed E-state index contributed by atoms with van der Waals surface area (Å²) in [5.74, 6) is 1.39. The molecule has 0 bridgehead atoms. The summed E-state index contributed by atoms with van der Waals surface area (Å²) in [6.07, 6.45) is 0. The number of pyridine rings is 1. The van der Waals surface area contributed by atoms with Crippen LogP contribution in [0.3, 0.4) is 0 Å². The zero-order valence-corrected chi connectivity index (χ0v) is 11.3. The minimum atomic E-state index is 0.410. The van der Waals surface area contributed by atoms with Crippen LogP contribution in [0.15, 0.2) is 54.6 Å². The molecule has 0 unspecified atom stereocenters. The summed E-state index contributed by atoms with van der Waals surface area (Å²) < 4.78 is 6.00. The fourth-order valence-electron chi connectivity index (χ4n) is 2.19. The summed E-state index contributed by atoms with van der Waals surface area (Å²) in [6.45, 7) is 2.35. The zero-order valence-electron chi connectivity index (χ0n) is 11.3. The van der Waals surface area contributed by atoms with E-state index < -0.39 is 0 Å². The Bertz CT molecular complexity index is 748. The van der Waals surface area contributed by atoms with E-state index in [0.717, 1.165) is 27.8 Å². The maximum atomic E-state index is 6.00. The third-order valence-corrected chi connectivity index (χ3v) is 3.25. The Morgan fingerprint density at radius 2 is 1.80 bits per heavy atom. The van der Waals surface area contributed by atoms with E-state index in [-0.39, 0.29) is 0 Å². The van der Waals surface area contributed by atoms with E-state index in [9.17, 15) is 0 Å². The number of aryl methyl sites for hydroxylation is 1. The summed E-state index contributed by atoms with van der Waals surface area (Å²) in [5, 5.41) is 2.22. The predicted octanol–water partition coefficient (Wildman–Crippen LogP) is 3.79. The molecule has 0 aliphatic rings. The molecule has 20 heavy (non-hydrogen) atoms. The van der Waals surface area contributed by atoms with Crippen LogP contribution in [0, 0.1) is 6.92 Å². The molecule has 0 fully saturated rings. The maximum absolute atomic E-state index is 6.00. The first-order valence-corrected chi connectivity index (χ1v) is 6.60. The van der Waals surface area contributed by atoms with Gasteiger partial charge in [0.1, 0.15) is 5.75 Å². The lowest BCUT2D eigenvalue weighted by molar-refractivity contribution is 0.460. The number of ether oxygens (including phenoxy) is 1. The van der Waals surface area contributed by atoms with E-state index in [1.54, 1.807) is 0 Å². The molecule has 0 atom stereocenters. The van der Waals surface area contributed by atoms with Gasteiger partial charge in [-0.25, -0.2) is 4.98 Å². The van der Waals surface area contributed by atoms with Crippen molar-refractivity contribution in [2.75, 3.05) is 0 Å². The van der Waals surface area contributed by atoms with Crippen molar-refractivity contribution in [2.24, 2.45) is 5.73 Å². The second-order valence-corrected chi connectivity index (χ2v) is 4.70. The number of benzene rings is 2. The number of nitrogens with two attached hydrogens (primary N) is 1. The number of hydrogen-bond acceptors (Lipinski definition) is 3. The number of hydrogen-bond donors (Lipinski definition) is 1. The molecule has 0 saturated heterocycles. The molecule has 3 heteroatoms. The van der Waals surface area contributed by atoms with Gasteiger partial charge >= 0.3 is 0 Å². The minimum absolute atomic E-state index is 0.410. The van der Waals surface area contributed by atoms with Crippen LogP contribution in [-0.2, 0) is 6.54 Å². The Hall–Kier alpha value is -2.39. The van der Waals surface area contributed by atoms with Gasteiger partial charge < -0.3 is 10.5 Å². The monoisotopic (exact) mass is 264 g/mol. The number of rotatable bonds is 3. The van der Waals surface area contributed by atoms with Crippen LogP contribution in [-0.4, -0.2) is 4.98 Å². The second kappa shape index (κ2) is 5.31. The lowest BCUT2D eigenvalue weighted by Gasteiger charge is -2.11. The molecule has 0 aliphatic carbocycles. The molecule has 3 aromatic rings. The van der Waals surface area contributed by atoms with E-state index in [0.29, 0.717) is 12.4 Å². The third-order valence-electron chi connectivity index (χ3n) is 3.25. The van der Waals surface area contributed by atoms with E-state index in [4.69, 9.17) is 10.5 Å². The molecular formula is C17H16N2O. The fraction of sp³-hybridized carbons (Fsp3) is 0.118. The lowest BCUT2D eigenvalue weighted by Crippen LogP contribution is -2.02. The number of nitrogens with zero attached hydrogens (tertiary/aromatic N) is 1. The first-order chi connectivity index (χ1) is 9.78. The Labute approximate surface area is 118 Å². The molecule has 1 heterocycles. The highest BCUT2D eigenvalue weighted by atomic mass is 16.5. The molecule has 0 amide bonds. The minimum Gasteiger partial charge on any atom is -0.438 e. The van der Waals surface area contributed by atoms with Gasteiger partial charge in [0, 0.05) is 23.2 Å². The first-order valence-electron chi connectivity index (χ1n) is 6.60. The number of aromatic nitrogens is 1. The maximum Gasteiger partial charge on any atom is 0.223 e. The zero-order chi connectivity index (χ0) is 13.9. The van der Waals surface area contributed by atoms with E-state index >= 15 is 0 Å². The summed E-state index contributed by atoms with van der Waals surface area (Å²) in [5.41, 5.74) is 7.57. The van der Waals surface area contributed by atoms with Gasteiger partial charge in [0.2, 0.25) is 5.88 Å². The molecule has 0 saturated carbocycles. The molecular weight excluding hydrogens is 248 g/mol. The summed E-state index contributed by atoms with van der Waals surface area (Å²) in [4.78, 5) is 4.44. The van der Waals surface area contributed by atoms with Gasteiger partial charge in [0.25, 0.3) is 0 Å². The smallest absolute Gasteiger partial charge is 0.223 e. The van der Waals surface area contributed by atoms with Crippen molar-refractivity contribution < 1.29 is 4.74 Å². The van der Waals surface area contributed by atoms with Gasteiger partial charge in [-0.3, -0.25) is 0 Å². The van der Waals surface area contributed by atoms with Crippen LogP contribution in [0.5, 0.6) is 11.6 Å². The molecule has 0 radical (unpaired) electrons. The highest BCUT2D eigenvalue weighted by Gasteiger charge is 2.08. The van der Waals surface area contributed by atoms with Crippen LogP contribution >= 0.6 is 0 Å². The Kier molecular flexibility index (Phi) is 3.35. The second-order valence-electron chi connectivity index (χ2n) is 4.70. The van der Waals surface area contributed by atoms with Crippen LogP contribution in [0.2, 0.25) is 0 Å². The summed E-state index contributed by atoms with van der Waals surface area (Å²) in [7, 11) is 0. The molecule has 3 nitrogen and oxygen atoms in total. The van der Waals surface area contributed by atoms with Gasteiger partial charge in [0.05, 0.1) is 0 Å². The Morgan fingerprint density at radius 3 is 2.65 bits per heavy atom.